The van der Waals surface area contributed by atoms with E-state index in [0.717, 1.165) is 0 Å². The van der Waals surface area contributed by atoms with E-state index in [2.05, 4.69) is 0 Å². The fraction of sp³-hybridized carbons (Fsp3) is 0.0769. The fourth-order valence-corrected chi connectivity index (χ4v) is 2.61. The van der Waals surface area contributed by atoms with Gasteiger partial charge in [-0.25, -0.2) is 4.39 Å². The van der Waals surface area contributed by atoms with E-state index in [0.29, 0.717) is 15.5 Å². The van der Waals surface area contributed by atoms with Crippen LogP contribution in [0, 0.1) is 0 Å². The second-order valence-corrected chi connectivity index (χ2v) is 5.39. The van der Waals surface area contributed by atoms with E-state index in [4.69, 9.17) is 11.6 Å². The Morgan fingerprint density at radius 1 is 1.00 bits per heavy atom. The summed E-state index contributed by atoms with van der Waals surface area (Å²) in [4.78, 5) is 0.481. The zero-order valence-corrected chi connectivity index (χ0v) is 10.4. The number of rotatable bonds is 3. The Kier molecular flexibility index (Phi) is 3.92. The highest BCUT2D eigenvalue weighted by Crippen LogP contribution is 2.27. The summed E-state index contributed by atoms with van der Waals surface area (Å²) in [6.07, 6.45) is 0. The summed E-state index contributed by atoms with van der Waals surface area (Å²) in [6, 6.07) is 14.9. The smallest absolute Gasteiger partial charge is 0.204 e. The molecule has 0 spiro atoms. The van der Waals surface area contributed by atoms with Crippen LogP contribution in [0.25, 0.3) is 0 Å². The van der Waals surface area contributed by atoms with Crippen LogP contribution in [0.3, 0.4) is 0 Å². The van der Waals surface area contributed by atoms with Crippen LogP contribution in [0.1, 0.15) is 11.1 Å². The second kappa shape index (κ2) is 5.43. The lowest BCUT2D eigenvalue weighted by molar-refractivity contribution is 0.454. The fourth-order valence-electron chi connectivity index (χ4n) is 1.41. The predicted molar refractivity (Wildman–Crippen MR) is 68.2 cm³/mol. The van der Waals surface area contributed by atoms with Gasteiger partial charge in [-0.05, 0) is 29.8 Å². The Bertz CT molecular complexity index is 513. The lowest BCUT2D eigenvalue weighted by atomic mass is 10.2. The van der Waals surface area contributed by atoms with Crippen molar-refractivity contribution in [3.8, 4) is 0 Å². The summed E-state index contributed by atoms with van der Waals surface area (Å²) in [5, 5.41) is 0.534. The van der Waals surface area contributed by atoms with Gasteiger partial charge in [-0.2, -0.15) is 0 Å². The van der Waals surface area contributed by atoms with Gasteiger partial charge in [0.25, 0.3) is 0 Å². The molecule has 2 aromatic rings. The molecule has 0 aliphatic heterocycles. The first kappa shape index (κ1) is 12.3. The molecule has 0 N–H and O–H groups in total. The van der Waals surface area contributed by atoms with Gasteiger partial charge in [-0.3, -0.25) is 4.21 Å². The van der Waals surface area contributed by atoms with Crippen molar-refractivity contribution in [2.45, 2.75) is 10.4 Å². The van der Waals surface area contributed by atoms with Gasteiger partial charge < -0.3 is 0 Å². The molecule has 17 heavy (non-hydrogen) atoms. The number of benzene rings is 2. The third kappa shape index (κ3) is 2.93. The Labute approximate surface area is 107 Å². The van der Waals surface area contributed by atoms with Crippen LogP contribution in [0.5, 0.6) is 0 Å². The Balaban J connectivity index is 2.23. The van der Waals surface area contributed by atoms with Crippen LogP contribution >= 0.6 is 11.6 Å². The van der Waals surface area contributed by atoms with E-state index in [-0.39, 0.29) is 0 Å². The summed E-state index contributed by atoms with van der Waals surface area (Å²) in [5.41, 5.74) is -1.16. The molecule has 0 saturated heterocycles. The van der Waals surface area contributed by atoms with E-state index in [1.807, 2.05) is 0 Å². The van der Waals surface area contributed by atoms with Gasteiger partial charge in [0.05, 0.1) is 10.8 Å². The van der Waals surface area contributed by atoms with Crippen LogP contribution in [-0.2, 0) is 10.8 Å². The highest BCUT2D eigenvalue weighted by Gasteiger charge is 2.19. The molecule has 0 aromatic heterocycles. The van der Waals surface area contributed by atoms with E-state index in [1.165, 1.54) is 0 Å². The van der Waals surface area contributed by atoms with Gasteiger partial charge >= 0.3 is 0 Å². The van der Waals surface area contributed by atoms with Crippen LogP contribution < -0.4 is 0 Å². The van der Waals surface area contributed by atoms with Crippen molar-refractivity contribution >= 4 is 22.4 Å². The first-order chi connectivity index (χ1) is 8.18. The van der Waals surface area contributed by atoms with Gasteiger partial charge in [0.1, 0.15) is 0 Å². The van der Waals surface area contributed by atoms with Crippen LogP contribution in [0.15, 0.2) is 59.5 Å². The van der Waals surface area contributed by atoms with Gasteiger partial charge in [0.15, 0.2) is 0 Å². The Morgan fingerprint density at radius 3 is 2.18 bits per heavy atom. The lowest BCUT2D eigenvalue weighted by Gasteiger charge is -2.08. The summed E-state index contributed by atoms with van der Waals surface area (Å²) < 4.78 is 25.9. The zero-order valence-electron chi connectivity index (χ0n) is 8.85. The van der Waals surface area contributed by atoms with Gasteiger partial charge in [0.2, 0.25) is 5.50 Å². The maximum absolute atomic E-state index is 14.0. The molecular weight excluding hydrogens is 259 g/mol. The maximum Gasteiger partial charge on any atom is 0.204 e. The number of alkyl halides is 1. The molecule has 2 atom stereocenters. The molecule has 0 heterocycles. The maximum atomic E-state index is 14.0. The van der Waals surface area contributed by atoms with Crippen LogP contribution in [0.4, 0.5) is 4.39 Å². The van der Waals surface area contributed by atoms with Crippen molar-refractivity contribution in [1.82, 2.24) is 0 Å². The SMILES string of the molecule is O=S(c1ccccc1)C(F)c1ccc(Cl)cc1. The largest absolute Gasteiger partial charge is 0.251 e. The molecule has 0 fully saturated rings. The molecule has 4 heteroatoms. The molecule has 0 saturated carbocycles. The normalized spacial score (nSPS) is 14.2. The predicted octanol–water partition coefficient (Wildman–Crippen LogP) is 4.12. The van der Waals surface area contributed by atoms with E-state index in [1.54, 1.807) is 54.6 Å². The highest BCUT2D eigenvalue weighted by molar-refractivity contribution is 7.85. The molecule has 0 aliphatic rings. The Hall–Kier alpha value is -1.19. The quantitative estimate of drug-likeness (QED) is 0.818. The number of halogens is 2. The zero-order chi connectivity index (χ0) is 12.3. The van der Waals surface area contributed by atoms with Crippen molar-refractivity contribution in [1.29, 1.82) is 0 Å². The summed E-state index contributed by atoms with van der Waals surface area (Å²) in [5.74, 6) is 0. The average Bonchev–Trinajstić information content (AvgIpc) is 2.39. The van der Waals surface area contributed by atoms with Crippen molar-refractivity contribution < 1.29 is 8.60 Å². The number of hydrogen-bond acceptors (Lipinski definition) is 1. The van der Waals surface area contributed by atoms with Crippen molar-refractivity contribution in [3.63, 3.8) is 0 Å². The third-order valence-electron chi connectivity index (χ3n) is 2.30. The van der Waals surface area contributed by atoms with Crippen molar-refractivity contribution in [3.05, 3.63) is 65.2 Å². The topological polar surface area (TPSA) is 17.1 Å². The minimum absolute atomic E-state index is 0.372. The molecule has 0 radical (unpaired) electrons. The molecule has 0 bridgehead atoms. The van der Waals surface area contributed by atoms with Gasteiger partial charge in [-0.1, -0.05) is 41.9 Å². The van der Waals surface area contributed by atoms with Crippen molar-refractivity contribution in [2.24, 2.45) is 0 Å². The average molecular weight is 269 g/mol. The van der Waals surface area contributed by atoms with Crippen LogP contribution in [-0.4, -0.2) is 4.21 Å². The first-order valence-corrected chi connectivity index (χ1v) is 6.63. The van der Waals surface area contributed by atoms with E-state index < -0.39 is 16.3 Å². The molecule has 2 unspecified atom stereocenters. The number of hydrogen-bond donors (Lipinski definition) is 0. The molecule has 2 rings (SSSR count). The second-order valence-electron chi connectivity index (χ2n) is 3.48. The molecular formula is C13H10ClFOS. The minimum atomic E-state index is -1.70. The standard InChI is InChI=1S/C13H10ClFOS/c14-11-8-6-10(7-9-11)13(15)17(16)12-4-2-1-3-5-12/h1-9,13H. The first-order valence-electron chi connectivity index (χ1n) is 5.03. The molecule has 88 valence electrons. The third-order valence-corrected chi connectivity index (χ3v) is 3.93. The van der Waals surface area contributed by atoms with Gasteiger partial charge in [0, 0.05) is 9.92 Å². The lowest BCUT2D eigenvalue weighted by Crippen LogP contribution is -2.01. The molecule has 0 amide bonds. The van der Waals surface area contributed by atoms with E-state index in [9.17, 15) is 8.60 Å². The van der Waals surface area contributed by atoms with Gasteiger partial charge in [-0.15, -0.1) is 0 Å². The summed E-state index contributed by atoms with van der Waals surface area (Å²) in [6.45, 7) is 0. The summed E-state index contributed by atoms with van der Waals surface area (Å²) in [7, 11) is -1.70. The molecule has 0 aliphatic carbocycles. The van der Waals surface area contributed by atoms with E-state index >= 15 is 0 Å². The minimum Gasteiger partial charge on any atom is -0.251 e. The van der Waals surface area contributed by atoms with Crippen molar-refractivity contribution in [2.75, 3.05) is 0 Å². The Morgan fingerprint density at radius 2 is 1.59 bits per heavy atom. The monoisotopic (exact) mass is 268 g/mol. The molecule has 2 aromatic carbocycles. The summed E-state index contributed by atoms with van der Waals surface area (Å²) >= 11 is 5.71. The van der Waals surface area contributed by atoms with Crippen LogP contribution in [0.2, 0.25) is 5.02 Å². The molecule has 1 nitrogen and oxygen atoms in total. The highest BCUT2D eigenvalue weighted by atomic mass is 35.5.